The number of hydrogen-bond donors (Lipinski definition) is 1. The molecule has 0 fully saturated rings. The molecule has 18 heavy (non-hydrogen) atoms. The van der Waals surface area contributed by atoms with Crippen LogP contribution in [0.2, 0.25) is 0 Å². The van der Waals surface area contributed by atoms with Gasteiger partial charge in [-0.2, -0.15) is 5.10 Å². The third-order valence-corrected chi connectivity index (χ3v) is 2.82. The highest BCUT2D eigenvalue weighted by Gasteiger charge is 2.11. The Morgan fingerprint density at radius 2 is 2.17 bits per heavy atom. The third-order valence-electron chi connectivity index (χ3n) is 2.82. The molecule has 0 radical (unpaired) electrons. The molecule has 0 aliphatic rings. The number of nitrogens with zero attached hydrogens (tertiary/aromatic N) is 2. The van der Waals surface area contributed by atoms with Gasteiger partial charge in [0.2, 0.25) is 0 Å². The van der Waals surface area contributed by atoms with Gasteiger partial charge in [-0.25, -0.2) is 0 Å². The van der Waals surface area contributed by atoms with Crippen LogP contribution in [0.25, 0.3) is 0 Å². The zero-order chi connectivity index (χ0) is 13.0. The molecule has 4 heteroatoms. The molecule has 0 aliphatic carbocycles. The number of ether oxygens (including phenoxy) is 1. The molecule has 1 aromatic carbocycles. The van der Waals surface area contributed by atoms with Gasteiger partial charge < -0.3 is 9.84 Å². The predicted molar refractivity (Wildman–Crippen MR) is 69.2 cm³/mol. The largest absolute Gasteiger partial charge is 0.488 e. The Morgan fingerprint density at radius 1 is 1.39 bits per heavy atom. The predicted octanol–water partition coefficient (Wildman–Crippen LogP) is 2.44. The maximum atomic E-state index is 9.91. The van der Waals surface area contributed by atoms with E-state index in [0.717, 1.165) is 16.9 Å². The summed E-state index contributed by atoms with van der Waals surface area (Å²) in [6.07, 6.45) is 3.89. The minimum atomic E-state index is -0.477. The van der Waals surface area contributed by atoms with Crippen LogP contribution in [0, 0.1) is 0 Å². The smallest absolute Gasteiger partial charge is 0.125 e. The van der Waals surface area contributed by atoms with Crippen molar-refractivity contribution in [2.24, 2.45) is 7.05 Å². The third kappa shape index (κ3) is 2.90. The normalized spacial score (nSPS) is 12.4. The van der Waals surface area contributed by atoms with Gasteiger partial charge >= 0.3 is 0 Å². The van der Waals surface area contributed by atoms with Crippen LogP contribution in [0.3, 0.4) is 0 Å². The average molecular weight is 246 g/mol. The van der Waals surface area contributed by atoms with Gasteiger partial charge in [-0.3, -0.25) is 4.68 Å². The van der Waals surface area contributed by atoms with Crippen molar-refractivity contribution in [3.63, 3.8) is 0 Å². The van der Waals surface area contributed by atoms with E-state index in [1.807, 2.05) is 44.4 Å². The molecule has 2 aromatic rings. The van der Waals surface area contributed by atoms with Crippen molar-refractivity contribution in [1.82, 2.24) is 9.78 Å². The highest BCUT2D eigenvalue weighted by Crippen LogP contribution is 2.27. The van der Waals surface area contributed by atoms with Crippen LogP contribution >= 0.6 is 0 Å². The molecule has 2 rings (SSSR count). The summed E-state index contributed by atoms with van der Waals surface area (Å²) >= 11 is 0. The van der Waals surface area contributed by atoms with E-state index in [2.05, 4.69) is 5.10 Å². The molecular weight excluding hydrogens is 228 g/mol. The minimum absolute atomic E-state index is 0.460. The number of aliphatic hydroxyl groups excluding tert-OH is 1. The second-order valence-corrected chi connectivity index (χ2v) is 4.27. The van der Waals surface area contributed by atoms with Crippen molar-refractivity contribution in [3.8, 4) is 5.75 Å². The van der Waals surface area contributed by atoms with Gasteiger partial charge in [-0.05, 0) is 12.5 Å². The fraction of sp³-hybridized carbons (Fsp3) is 0.357. The molecular formula is C14H18N2O2. The van der Waals surface area contributed by atoms with Crippen LogP contribution < -0.4 is 4.74 Å². The second kappa shape index (κ2) is 5.69. The summed E-state index contributed by atoms with van der Waals surface area (Å²) in [6.45, 7) is 2.41. The molecule has 4 nitrogen and oxygen atoms in total. The number of aryl methyl sites for hydroxylation is 1. The van der Waals surface area contributed by atoms with E-state index in [0.29, 0.717) is 13.0 Å². The van der Waals surface area contributed by atoms with Gasteiger partial charge in [0.25, 0.3) is 0 Å². The van der Waals surface area contributed by atoms with E-state index in [9.17, 15) is 5.11 Å². The average Bonchev–Trinajstić information content (AvgIpc) is 2.81. The molecule has 96 valence electrons. The Bertz CT molecular complexity index is 508. The van der Waals surface area contributed by atoms with E-state index in [4.69, 9.17) is 4.74 Å². The van der Waals surface area contributed by atoms with Crippen molar-refractivity contribution in [3.05, 3.63) is 47.8 Å². The minimum Gasteiger partial charge on any atom is -0.488 e. The fourth-order valence-electron chi connectivity index (χ4n) is 1.81. The highest BCUT2D eigenvalue weighted by atomic mass is 16.5. The van der Waals surface area contributed by atoms with Gasteiger partial charge in [0.05, 0.1) is 12.3 Å². The molecule has 0 bridgehead atoms. The standard InChI is InChI=1S/C14H18N2O2/c1-3-13(17)12-6-4-5-7-14(12)18-10-11-8-15-16(2)9-11/h4-9,13,17H,3,10H2,1-2H3/t13-/m0/s1. The van der Waals surface area contributed by atoms with Gasteiger partial charge in [0.15, 0.2) is 0 Å². The Balaban J connectivity index is 2.09. The fourth-order valence-corrected chi connectivity index (χ4v) is 1.81. The summed E-state index contributed by atoms with van der Waals surface area (Å²) in [6, 6.07) is 7.59. The maximum Gasteiger partial charge on any atom is 0.125 e. The number of aliphatic hydroxyl groups is 1. The van der Waals surface area contributed by atoms with Crippen LogP contribution in [0.5, 0.6) is 5.75 Å². The van der Waals surface area contributed by atoms with Crippen molar-refractivity contribution in [1.29, 1.82) is 0 Å². The lowest BCUT2D eigenvalue weighted by molar-refractivity contribution is 0.166. The zero-order valence-corrected chi connectivity index (χ0v) is 10.7. The summed E-state index contributed by atoms with van der Waals surface area (Å²) in [5, 5.41) is 14.0. The summed E-state index contributed by atoms with van der Waals surface area (Å²) in [5.74, 6) is 0.732. The molecule has 1 heterocycles. The first kappa shape index (κ1) is 12.6. The van der Waals surface area contributed by atoms with Gasteiger partial charge in [0.1, 0.15) is 12.4 Å². The lowest BCUT2D eigenvalue weighted by atomic mass is 10.1. The number of hydrogen-bond acceptors (Lipinski definition) is 3. The van der Waals surface area contributed by atoms with Crippen molar-refractivity contribution in [2.75, 3.05) is 0 Å². The first-order valence-electron chi connectivity index (χ1n) is 6.08. The van der Waals surface area contributed by atoms with E-state index < -0.39 is 6.10 Å². The number of rotatable bonds is 5. The molecule has 0 amide bonds. The molecule has 0 aliphatic heterocycles. The summed E-state index contributed by atoms with van der Waals surface area (Å²) in [5.41, 5.74) is 1.85. The number of para-hydroxylation sites is 1. The zero-order valence-electron chi connectivity index (χ0n) is 10.7. The monoisotopic (exact) mass is 246 g/mol. The van der Waals surface area contributed by atoms with Crippen LogP contribution in [0.15, 0.2) is 36.7 Å². The van der Waals surface area contributed by atoms with Gasteiger partial charge in [-0.15, -0.1) is 0 Å². The Hall–Kier alpha value is -1.81. The molecule has 0 saturated carbocycles. The quantitative estimate of drug-likeness (QED) is 0.881. The molecule has 1 N–H and O–H groups in total. The Kier molecular flexibility index (Phi) is 3.99. The topological polar surface area (TPSA) is 47.3 Å². The lowest BCUT2D eigenvalue weighted by Gasteiger charge is -2.14. The van der Waals surface area contributed by atoms with E-state index in [1.54, 1.807) is 10.9 Å². The molecule has 0 unspecified atom stereocenters. The summed E-state index contributed by atoms with van der Waals surface area (Å²) in [4.78, 5) is 0. The van der Waals surface area contributed by atoms with E-state index >= 15 is 0 Å². The van der Waals surface area contributed by atoms with Crippen LogP contribution in [-0.4, -0.2) is 14.9 Å². The lowest BCUT2D eigenvalue weighted by Crippen LogP contribution is -2.01. The summed E-state index contributed by atoms with van der Waals surface area (Å²) < 4.78 is 7.49. The number of aromatic nitrogens is 2. The summed E-state index contributed by atoms with van der Waals surface area (Å²) in [7, 11) is 1.87. The highest BCUT2D eigenvalue weighted by molar-refractivity contribution is 5.35. The molecule has 1 atom stereocenters. The van der Waals surface area contributed by atoms with Crippen LogP contribution in [0.1, 0.15) is 30.6 Å². The van der Waals surface area contributed by atoms with E-state index in [1.165, 1.54) is 0 Å². The van der Waals surface area contributed by atoms with Crippen molar-refractivity contribution in [2.45, 2.75) is 26.1 Å². The number of benzene rings is 1. The van der Waals surface area contributed by atoms with Crippen LogP contribution in [-0.2, 0) is 13.7 Å². The van der Waals surface area contributed by atoms with E-state index in [-0.39, 0.29) is 0 Å². The Morgan fingerprint density at radius 3 is 2.83 bits per heavy atom. The van der Waals surface area contributed by atoms with Crippen molar-refractivity contribution >= 4 is 0 Å². The first-order valence-corrected chi connectivity index (χ1v) is 6.08. The first-order chi connectivity index (χ1) is 8.70. The maximum absolute atomic E-state index is 9.91. The van der Waals surface area contributed by atoms with Crippen molar-refractivity contribution < 1.29 is 9.84 Å². The molecule has 0 saturated heterocycles. The van der Waals surface area contributed by atoms with Gasteiger partial charge in [-0.1, -0.05) is 25.1 Å². The van der Waals surface area contributed by atoms with Crippen LogP contribution in [0.4, 0.5) is 0 Å². The second-order valence-electron chi connectivity index (χ2n) is 4.27. The Labute approximate surface area is 107 Å². The molecule has 1 aromatic heterocycles. The molecule has 0 spiro atoms. The van der Waals surface area contributed by atoms with Gasteiger partial charge in [0, 0.05) is 24.4 Å². The SMILES string of the molecule is CC[C@H](O)c1ccccc1OCc1cnn(C)c1.